The number of anilines is 1. The first-order chi connectivity index (χ1) is 11.2. The van der Waals surface area contributed by atoms with E-state index in [-0.39, 0.29) is 6.10 Å². The predicted octanol–water partition coefficient (Wildman–Crippen LogP) is 4.42. The van der Waals surface area contributed by atoms with Gasteiger partial charge in [-0.15, -0.1) is 0 Å². The third kappa shape index (κ3) is 3.63. The number of hydrogen-bond acceptors (Lipinski definition) is 5. The summed E-state index contributed by atoms with van der Waals surface area (Å²) in [6.07, 6.45) is 0.115. The van der Waals surface area contributed by atoms with Gasteiger partial charge in [0, 0.05) is 41.8 Å². The molecule has 4 nitrogen and oxygen atoms in total. The van der Waals surface area contributed by atoms with E-state index in [1.54, 1.807) is 7.11 Å². The molecule has 0 aromatic heterocycles. The molecular formula is C17H18ClN3OS. The number of fused-ring (bicyclic) bond motifs is 1. The van der Waals surface area contributed by atoms with Crippen molar-refractivity contribution in [3.8, 4) is 11.1 Å². The summed E-state index contributed by atoms with van der Waals surface area (Å²) in [6.45, 7) is 2.69. The summed E-state index contributed by atoms with van der Waals surface area (Å²) in [6, 6.07) is 14.0. The van der Waals surface area contributed by atoms with Crippen molar-refractivity contribution >= 4 is 35.2 Å². The maximum atomic E-state index is 6.36. The molecule has 2 aromatic carbocycles. The van der Waals surface area contributed by atoms with Crippen LogP contribution in [-0.4, -0.2) is 25.7 Å². The SMILES string of the molecule is COC(C)CNC1=NSc2cccc(-c3ccccc3Cl)c2N1. The molecule has 6 heteroatoms. The molecule has 120 valence electrons. The molecule has 23 heavy (non-hydrogen) atoms. The molecule has 1 aliphatic rings. The van der Waals surface area contributed by atoms with Crippen molar-refractivity contribution in [2.75, 3.05) is 19.0 Å². The van der Waals surface area contributed by atoms with Crippen LogP contribution in [0.5, 0.6) is 0 Å². The van der Waals surface area contributed by atoms with Crippen LogP contribution in [-0.2, 0) is 4.74 Å². The second kappa shape index (κ2) is 7.25. The number of nitrogens with zero attached hydrogens (tertiary/aromatic N) is 1. The van der Waals surface area contributed by atoms with E-state index in [9.17, 15) is 0 Å². The maximum absolute atomic E-state index is 6.36. The molecule has 0 bridgehead atoms. The van der Waals surface area contributed by atoms with Gasteiger partial charge in [0.25, 0.3) is 0 Å². The fourth-order valence-electron chi connectivity index (χ4n) is 2.28. The van der Waals surface area contributed by atoms with Crippen LogP contribution in [0.25, 0.3) is 11.1 Å². The minimum absolute atomic E-state index is 0.115. The van der Waals surface area contributed by atoms with Crippen LogP contribution in [0.2, 0.25) is 5.02 Å². The van der Waals surface area contributed by atoms with Crippen LogP contribution < -0.4 is 10.6 Å². The third-order valence-electron chi connectivity index (χ3n) is 3.63. The molecule has 2 aromatic rings. The molecule has 1 unspecified atom stereocenters. The molecule has 3 rings (SSSR count). The third-order valence-corrected chi connectivity index (χ3v) is 4.77. The van der Waals surface area contributed by atoms with Gasteiger partial charge in [-0.1, -0.05) is 41.9 Å². The zero-order valence-electron chi connectivity index (χ0n) is 13.0. The Morgan fingerprint density at radius 2 is 2.00 bits per heavy atom. The Morgan fingerprint density at radius 3 is 2.78 bits per heavy atom. The van der Waals surface area contributed by atoms with Gasteiger partial charge in [0.05, 0.1) is 16.7 Å². The average molecular weight is 348 g/mol. The van der Waals surface area contributed by atoms with Crippen LogP contribution in [0.15, 0.2) is 51.8 Å². The molecule has 1 atom stereocenters. The Labute approximate surface area is 145 Å². The standard InChI is InChI=1S/C17H18ClN3OS/c1-11(22-2)10-19-17-20-16-13(7-5-9-15(16)23-21-17)12-6-3-4-8-14(12)18/h3-9,11H,10H2,1-2H3,(H2,19,20,21). The normalized spacial score (nSPS) is 14.5. The Balaban J connectivity index is 1.87. The van der Waals surface area contributed by atoms with E-state index in [4.69, 9.17) is 16.3 Å². The summed E-state index contributed by atoms with van der Waals surface area (Å²) in [5.74, 6) is 0.728. The topological polar surface area (TPSA) is 45.6 Å². The number of para-hydroxylation sites is 1. The van der Waals surface area contributed by atoms with Gasteiger partial charge in [-0.25, -0.2) is 0 Å². The van der Waals surface area contributed by atoms with Crippen LogP contribution >= 0.6 is 23.5 Å². The van der Waals surface area contributed by atoms with E-state index in [1.165, 1.54) is 11.9 Å². The number of nitrogens with one attached hydrogen (secondary N) is 2. The molecule has 0 saturated carbocycles. The Morgan fingerprint density at radius 1 is 1.22 bits per heavy atom. The van der Waals surface area contributed by atoms with Crippen molar-refractivity contribution in [1.29, 1.82) is 0 Å². The Hall–Kier alpha value is -1.69. The summed E-state index contributed by atoms with van der Waals surface area (Å²) >= 11 is 7.81. The van der Waals surface area contributed by atoms with Crippen molar-refractivity contribution in [2.45, 2.75) is 17.9 Å². The van der Waals surface area contributed by atoms with Gasteiger partial charge in [0.1, 0.15) is 0 Å². The maximum Gasteiger partial charge on any atom is 0.208 e. The van der Waals surface area contributed by atoms with Gasteiger partial charge in [-0.2, -0.15) is 4.40 Å². The summed E-state index contributed by atoms with van der Waals surface area (Å²) < 4.78 is 9.71. The van der Waals surface area contributed by atoms with Gasteiger partial charge >= 0.3 is 0 Å². The van der Waals surface area contributed by atoms with Crippen LogP contribution in [0.3, 0.4) is 0 Å². The number of hydrogen-bond donors (Lipinski definition) is 2. The second-order valence-corrected chi connectivity index (χ2v) is 6.45. The first-order valence-electron chi connectivity index (χ1n) is 7.35. The second-order valence-electron chi connectivity index (χ2n) is 5.24. The summed E-state index contributed by atoms with van der Waals surface area (Å²) in [4.78, 5) is 1.08. The number of methoxy groups -OCH3 is 1. The van der Waals surface area contributed by atoms with Crippen molar-refractivity contribution in [1.82, 2.24) is 5.32 Å². The number of benzene rings is 2. The minimum Gasteiger partial charge on any atom is -0.380 e. The summed E-state index contributed by atoms with van der Waals surface area (Å²) in [5.41, 5.74) is 3.09. The quantitative estimate of drug-likeness (QED) is 0.804. The number of guanidine groups is 1. The molecule has 0 amide bonds. The highest BCUT2D eigenvalue weighted by atomic mass is 35.5. The zero-order chi connectivity index (χ0) is 16.2. The van der Waals surface area contributed by atoms with E-state index >= 15 is 0 Å². The fraction of sp³-hybridized carbons (Fsp3) is 0.235. The lowest BCUT2D eigenvalue weighted by Gasteiger charge is -2.22. The minimum atomic E-state index is 0.115. The fourth-order valence-corrected chi connectivity index (χ4v) is 3.21. The van der Waals surface area contributed by atoms with Crippen molar-refractivity contribution in [3.05, 3.63) is 47.5 Å². The molecule has 0 saturated heterocycles. The summed E-state index contributed by atoms with van der Waals surface area (Å²) in [5, 5.41) is 7.38. The van der Waals surface area contributed by atoms with E-state index in [2.05, 4.69) is 21.1 Å². The molecule has 0 aliphatic carbocycles. The van der Waals surface area contributed by atoms with Crippen molar-refractivity contribution in [3.63, 3.8) is 0 Å². The van der Waals surface area contributed by atoms with Crippen molar-refractivity contribution < 1.29 is 4.74 Å². The monoisotopic (exact) mass is 347 g/mol. The first-order valence-corrected chi connectivity index (χ1v) is 8.51. The number of halogens is 1. The lowest BCUT2D eigenvalue weighted by atomic mass is 10.0. The molecule has 0 radical (unpaired) electrons. The molecule has 0 spiro atoms. The molecule has 2 N–H and O–H groups in total. The lowest BCUT2D eigenvalue weighted by molar-refractivity contribution is 0.121. The van der Waals surface area contributed by atoms with E-state index in [1.807, 2.05) is 43.3 Å². The largest absolute Gasteiger partial charge is 0.380 e. The van der Waals surface area contributed by atoms with Gasteiger partial charge < -0.3 is 15.4 Å². The van der Waals surface area contributed by atoms with Crippen LogP contribution in [0.1, 0.15) is 6.92 Å². The predicted molar refractivity (Wildman–Crippen MR) is 98.3 cm³/mol. The zero-order valence-corrected chi connectivity index (χ0v) is 14.5. The Bertz CT molecular complexity index is 736. The molecule has 0 fully saturated rings. The van der Waals surface area contributed by atoms with Crippen LogP contribution in [0.4, 0.5) is 5.69 Å². The molecule has 1 heterocycles. The highest BCUT2D eigenvalue weighted by Crippen LogP contribution is 2.41. The van der Waals surface area contributed by atoms with Crippen molar-refractivity contribution in [2.24, 2.45) is 4.40 Å². The smallest absolute Gasteiger partial charge is 0.208 e. The number of rotatable bonds is 4. The van der Waals surface area contributed by atoms with Gasteiger partial charge in [0.2, 0.25) is 5.96 Å². The van der Waals surface area contributed by atoms with Gasteiger partial charge in [0.15, 0.2) is 0 Å². The van der Waals surface area contributed by atoms with Crippen LogP contribution in [0, 0.1) is 0 Å². The Kier molecular flexibility index (Phi) is 5.10. The molecular weight excluding hydrogens is 330 g/mol. The first kappa shape index (κ1) is 16.2. The van der Waals surface area contributed by atoms with E-state index in [0.717, 1.165) is 32.7 Å². The lowest BCUT2D eigenvalue weighted by Crippen LogP contribution is -2.37. The highest BCUT2D eigenvalue weighted by Gasteiger charge is 2.18. The van der Waals surface area contributed by atoms with Gasteiger partial charge in [-0.3, -0.25) is 0 Å². The average Bonchev–Trinajstić information content (AvgIpc) is 2.59. The highest BCUT2D eigenvalue weighted by molar-refractivity contribution is 7.98. The number of ether oxygens (including phenoxy) is 1. The summed E-state index contributed by atoms with van der Waals surface area (Å²) in [7, 11) is 1.70. The van der Waals surface area contributed by atoms with Gasteiger partial charge in [-0.05, 0) is 19.1 Å². The van der Waals surface area contributed by atoms with E-state index < -0.39 is 0 Å². The molecule has 1 aliphatic heterocycles. The van der Waals surface area contributed by atoms with E-state index in [0.29, 0.717) is 6.54 Å².